The van der Waals surface area contributed by atoms with Gasteiger partial charge >= 0.3 is 12.1 Å². The molecule has 0 aromatic heterocycles. The predicted octanol–water partition coefficient (Wildman–Crippen LogP) is 5.90. The summed E-state index contributed by atoms with van der Waals surface area (Å²) in [7, 11) is 1.64. The van der Waals surface area contributed by atoms with E-state index in [0.29, 0.717) is 23.4 Å². The molecule has 0 saturated heterocycles. The number of hydrogen-bond acceptors (Lipinski definition) is 6. The highest BCUT2D eigenvalue weighted by Gasteiger charge is 2.44. The molecule has 43 heavy (non-hydrogen) atoms. The maximum atomic E-state index is 13.7. The Labute approximate surface area is 250 Å². The standard InChI is InChI=1S/C31H26ClF3N4O4/c1-17-10-25-21(14-36-17)13-22(15-37-25)39(2)29(40)20-5-3-4-18(11-20)12-26-24(27(32)28(38-26)31(33,34)35)16-43-23-8-6-19(7-9-23)30(41)42/h3-11,13,15,21,26H,12,14,16H2,1-2H3,(H,41,42). The third kappa shape index (κ3) is 6.61. The molecule has 2 aromatic carbocycles. The number of alkyl halides is 3. The van der Waals surface area contributed by atoms with Crippen LogP contribution in [-0.2, 0) is 6.42 Å². The molecular formula is C31H26ClF3N4O4. The van der Waals surface area contributed by atoms with Crippen molar-refractivity contribution in [3.8, 4) is 5.75 Å². The van der Waals surface area contributed by atoms with E-state index in [9.17, 15) is 22.8 Å². The summed E-state index contributed by atoms with van der Waals surface area (Å²) in [5.74, 6) is -1.20. The van der Waals surface area contributed by atoms with Crippen LogP contribution in [0, 0.1) is 5.92 Å². The van der Waals surface area contributed by atoms with Crippen molar-refractivity contribution in [3.63, 3.8) is 0 Å². The third-order valence-corrected chi connectivity index (χ3v) is 7.65. The monoisotopic (exact) mass is 610 g/mol. The van der Waals surface area contributed by atoms with Crippen molar-refractivity contribution in [1.29, 1.82) is 0 Å². The van der Waals surface area contributed by atoms with Crippen molar-refractivity contribution in [2.24, 2.45) is 20.9 Å². The highest BCUT2D eigenvalue weighted by atomic mass is 35.5. The Morgan fingerprint density at radius 1 is 1.14 bits per heavy atom. The number of carboxylic acids is 1. The normalized spacial score (nSPS) is 19.7. The van der Waals surface area contributed by atoms with E-state index in [2.05, 4.69) is 15.0 Å². The minimum absolute atomic E-state index is 0.0272. The fourth-order valence-corrected chi connectivity index (χ4v) is 5.23. The topological polar surface area (TPSA) is 104 Å². The number of ether oxygens (including phenoxy) is 1. The van der Waals surface area contributed by atoms with Gasteiger partial charge in [0.2, 0.25) is 0 Å². The van der Waals surface area contributed by atoms with Gasteiger partial charge in [-0.05, 0) is 67.5 Å². The largest absolute Gasteiger partial charge is 0.489 e. The van der Waals surface area contributed by atoms with Gasteiger partial charge in [-0.3, -0.25) is 19.8 Å². The van der Waals surface area contributed by atoms with Gasteiger partial charge in [0.05, 0.1) is 40.8 Å². The molecule has 2 aromatic rings. The zero-order chi connectivity index (χ0) is 30.9. The SMILES string of the molecule is CC1=NCC2C=C(N(C)C(=O)c3cccc(CC4N=C(C(F)(F)F)C(Cl)=C4COc4ccc(C(=O)O)cc4)c3)C=NC2=C1. The van der Waals surface area contributed by atoms with E-state index < -0.39 is 28.9 Å². The number of carbonyl (C=O) groups is 2. The van der Waals surface area contributed by atoms with Gasteiger partial charge in [-0.15, -0.1) is 0 Å². The van der Waals surface area contributed by atoms with Crippen LogP contribution in [0.1, 0.15) is 33.2 Å². The lowest BCUT2D eigenvalue weighted by molar-refractivity contribution is -0.0579. The predicted molar refractivity (Wildman–Crippen MR) is 157 cm³/mol. The molecule has 2 atom stereocenters. The molecule has 0 bridgehead atoms. The Bertz CT molecular complexity index is 1660. The van der Waals surface area contributed by atoms with Crippen molar-refractivity contribution >= 4 is 41.1 Å². The number of halogens is 4. The molecular weight excluding hydrogens is 585 g/mol. The van der Waals surface area contributed by atoms with Crippen LogP contribution >= 0.6 is 11.6 Å². The van der Waals surface area contributed by atoms with Gasteiger partial charge in [0.1, 0.15) is 12.4 Å². The number of aromatic carboxylic acids is 1. The molecule has 12 heteroatoms. The van der Waals surface area contributed by atoms with Gasteiger partial charge in [0, 0.05) is 29.8 Å². The molecule has 3 heterocycles. The molecule has 1 N–H and O–H groups in total. The minimum atomic E-state index is -4.77. The molecule has 0 radical (unpaired) electrons. The summed E-state index contributed by atoms with van der Waals surface area (Å²) in [4.78, 5) is 38.8. The van der Waals surface area contributed by atoms with Crippen molar-refractivity contribution in [2.75, 3.05) is 20.2 Å². The molecule has 2 unspecified atom stereocenters. The lowest BCUT2D eigenvalue weighted by atomic mass is 9.97. The number of nitrogens with zero attached hydrogens (tertiary/aromatic N) is 4. The second-order valence-corrected chi connectivity index (χ2v) is 10.6. The number of aliphatic imine (C=N–C) groups is 3. The van der Waals surface area contributed by atoms with E-state index in [0.717, 1.165) is 11.4 Å². The van der Waals surface area contributed by atoms with E-state index in [1.807, 2.05) is 19.1 Å². The van der Waals surface area contributed by atoms with Crippen LogP contribution in [0.5, 0.6) is 5.75 Å². The van der Waals surface area contributed by atoms with Crippen molar-refractivity contribution < 1.29 is 32.6 Å². The zero-order valence-corrected chi connectivity index (χ0v) is 23.9. The molecule has 8 nitrogen and oxygen atoms in total. The summed E-state index contributed by atoms with van der Waals surface area (Å²) in [6.45, 7) is 2.16. The highest BCUT2D eigenvalue weighted by molar-refractivity contribution is 6.45. The Kier molecular flexibility index (Phi) is 8.36. The lowest BCUT2D eigenvalue weighted by Crippen LogP contribution is -2.29. The summed E-state index contributed by atoms with van der Waals surface area (Å²) in [6, 6.07) is 11.1. The maximum Gasteiger partial charge on any atom is 0.434 e. The number of benzene rings is 2. The smallest absolute Gasteiger partial charge is 0.434 e. The first-order valence-corrected chi connectivity index (χ1v) is 13.6. The van der Waals surface area contributed by atoms with Gasteiger partial charge in [0.15, 0.2) is 5.71 Å². The summed E-state index contributed by atoms with van der Waals surface area (Å²) in [6.07, 6.45) is 0.746. The molecule has 0 saturated carbocycles. The second-order valence-electron chi connectivity index (χ2n) is 10.2. The van der Waals surface area contributed by atoms with Crippen LogP contribution in [0.4, 0.5) is 13.2 Å². The number of carbonyl (C=O) groups excluding carboxylic acids is 1. The van der Waals surface area contributed by atoms with E-state index >= 15 is 0 Å². The van der Waals surface area contributed by atoms with Crippen LogP contribution < -0.4 is 4.74 Å². The van der Waals surface area contributed by atoms with Crippen LogP contribution in [0.25, 0.3) is 0 Å². The van der Waals surface area contributed by atoms with E-state index in [1.54, 1.807) is 37.5 Å². The first kappa shape index (κ1) is 30.0. The Hall–Kier alpha value is -4.51. The van der Waals surface area contributed by atoms with Crippen LogP contribution in [0.3, 0.4) is 0 Å². The molecule has 222 valence electrons. The van der Waals surface area contributed by atoms with Gasteiger partial charge in [-0.2, -0.15) is 13.2 Å². The number of dihydropyridines is 2. The number of rotatable bonds is 8. The van der Waals surface area contributed by atoms with Gasteiger partial charge in [0.25, 0.3) is 5.91 Å². The number of hydrogen-bond donors (Lipinski definition) is 1. The average Bonchev–Trinajstić information content (AvgIpc) is 3.30. The number of allylic oxidation sites excluding steroid dienone is 3. The number of fused-ring (bicyclic) bond motifs is 1. The highest BCUT2D eigenvalue weighted by Crippen LogP contribution is 2.35. The fraction of sp³-hybridized carbons (Fsp3) is 0.258. The zero-order valence-electron chi connectivity index (χ0n) is 23.1. The van der Waals surface area contributed by atoms with Gasteiger partial charge in [-0.1, -0.05) is 23.7 Å². The summed E-state index contributed by atoms with van der Waals surface area (Å²) >= 11 is 6.17. The summed E-state index contributed by atoms with van der Waals surface area (Å²) in [5, 5.41) is 8.53. The molecule has 0 aliphatic carbocycles. The van der Waals surface area contributed by atoms with E-state index in [-0.39, 0.29) is 41.7 Å². The molecule has 3 aliphatic rings. The van der Waals surface area contributed by atoms with Crippen molar-refractivity contribution in [1.82, 2.24) is 4.90 Å². The van der Waals surface area contributed by atoms with Gasteiger partial charge in [-0.25, -0.2) is 4.79 Å². The molecule has 0 spiro atoms. The number of carboxylic acid groups (broad SMARTS) is 1. The Balaban J connectivity index is 1.33. The molecule has 5 rings (SSSR count). The Morgan fingerprint density at radius 3 is 2.58 bits per heavy atom. The van der Waals surface area contributed by atoms with Crippen LogP contribution in [-0.4, -0.2) is 71.9 Å². The first-order chi connectivity index (χ1) is 20.4. The summed E-state index contributed by atoms with van der Waals surface area (Å²) in [5.41, 5.74) is 2.31. The van der Waals surface area contributed by atoms with Gasteiger partial charge < -0.3 is 14.7 Å². The molecule has 3 aliphatic heterocycles. The van der Waals surface area contributed by atoms with E-state index in [4.69, 9.17) is 21.4 Å². The minimum Gasteiger partial charge on any atom is -0.489 e. The van der Waals surface area contributed by atoms with Crippen molar-refractivity contribution in [3.05, 3.63) is 99.4 Å². The van der Waals surface area contributed by atoms with Crippen LogP contribution in [0.15, 0.2) is 97.7 Å². The first-order valence-electron chi connectivity index (χ1n) is 13.3. The molecule has 0 fully saturated rings. The maximum absolute atomic E-state index is 13.7. The second kappa shape index (κ2) is 12.0. The lowest BCUT2D eigenvalue weighted by Gasteiger charge is -2.25. The van der Waals surface area contributed by atoms with Crippen molar-refractivity contribution in [2.45, 2.75) is 25.6 Å². The molecule has 1 amide bonds. The quantitative estimate of drug-likeness (QED) is 0.402. The number of amides is 1. The average molecular weight is 611 g/mol. The third-order valence-electron chi connectivity index (χ3n) is 7.23. The van der Waals surface area contributed by atoms with Crippen LogP contribution in [0.2, 0.25) is 0 Å². The summed E-state index contributed by atoms with van der Waals surface area (Å²) < 4.78 is 46.8. The Morgan fingerprint density at radius 2 is 1.88 bits per heavy atom. The van der Waals surface area contributed by atoms with E-state index in [1.165, 1.54) is 29.2 Å². The fourth-order valence-electron chi connectivity index (χ4n) is 4.90.